The molecule has 1 aromatic carbocycles. The number of halogens is 1. The number of carbonyl (C=O) groups excluding carboxylic acids is 1. The number of nitrogens with zero attached hydrogens (tertiary/aromatic N) is 4. The van der Waals surface area contributed by atoms with E-state index in [1.807, 2.05) is 16.2 Å². The molecule has 7 heteroatoms. The average molecular weight is 481 g/mol. The molecule has 0 spiro atoms. The average Bonchev–Trinajstić information content (AvgIpc) is 3.21. The van der Waals surface area contributed by atoms with Crippen molar-refractivity contribution in [3.63, 3.8) is 0 Å². The molecule has 34 heavy (non-hydrogen) atoms. The first-order valence-corrected chi connectivity index (χ1v) is 13.3. The standard InChI is InChI=1S/C27H33FN4OS/c1-4-18(3)25-29-26(24-21-10-5-17(2)15-22(21)34-27(24)30-25)32-13-11-31(12-14-32)23(33)16-19-6-8-20(28)9-7-19/h6-9,17-18H,4-5,10-16H2,1-3H3/t17-,18-/m0/s1. The number of hydrogen-bond donors (Lipinski definition) is 0. The SMILES string of the molecule is CC[C@H](C)c1nc(N2CCN(C(=O)Cc3ccc(F)cc3)CC2)c2c3c(sc2n1)C[C@@H](C)CC3. The van der Waals surface area contributed by atoms with Gasteiger partial charge in [0.2, 0.25) is 5.91 Å². The van der Waals surface area contributed by atoms with Crippen LogP contribution in [0.2, 0.25) is 0 Å². The van der Waals surface area contributed by atoms with Crippen molar-refractivity contribution in [1.82, 2.24) is 14.9 Å². The molecule has 180 valence electrons. The van der Waals surface area contributed by atoms with Gasteiger partial charge in [0, 0.05) is 37.0 Å². The third kappa shape index (κ3) is 4.54. The monoisotopic (exact) mass is 480 g/mol. The van der Waals surface area contributed by atoms with Crippen molar-refractivity contribution in [3.05, 3.63) is 51.9 Å². The van der Waals surface area contributed by atoms with E-state index >= 15 is 0 Å². The van der Waals surface area contributed by atoms with Crippen LogP contribution in [0.1, 0.15) is 61.4 Å². The minimum atomic E-state index is -0.275. The highest BCUT2D eigenvalue weighted by Crippen LogP contribution is 2.41. The van der Waals surface area contributed by atoms with Gasteiger partial charge in [-0.1, -0.05) is 32.9 Å². The van der Waals surface area contributed by atoms with E-state index in [0.717, 1.165) is 60.3 Å². The van der Waals surface area contributed by atoms with E-state index in [4.69, 9.17) is 9.97 Å². The molecule has 5 nitrogen and oxygen atoms in total. The molecular formula is C27H33FN4OS. The fourth-order valence-electron chi connectivity index (χ4n) is 5.03. The molecule has 3 aromatic rings. The number of amides is 1. The maximum atomic E-state index is 13.2. The molecule has 2 aliphatic rings. The molecule has 1 amide bonds. The summed E-state index contributed by atoms with van der Waals surface area (Å²) in [6.45, 7) is 9.61. The van der Waals surface area contributed by atoms with Crippen LogP contribution in [-0.2, 0) is 24.1 Å². The van der Waals surface area contributed by atoms with Crippen LogP contribution in [0.5, 0.6) is 0 Å². The number of rotatable bonds is 5. The third-order valence-electron chi connectivity index (χ3n) is 7.41. The van der Waals surface area contributed by atoms with Crippen molar-refractivity contribution in [2.45, 2.75) is 58.8 Å². The van der Waals surface area contributed by atoms with Crippen molar-refractivity contribution in [2.75, 3.05) is 31.1 Å². The van der Waals surface area contributed by atoms with Crippen molar-refractivity contribution in [2.24, 2.45) is 5.92 Å². The summed E-state index contributed by atoms with van der Waals surface area (Å²) in [6.07, 6.45) is 4.79. The molecule has 1 fully saturated rings. The summed E-state index contributed by atoms with van der Waals surface area (Å²) in [5.74, 6) is 2.87. The molecule has 5 rings (SSSR count). The van der Waals surface area contributed by atoms with Gasteiger partial charge in [0.1, 0.15) is 22.3 Å². The van der Waals surface area contributed by atoms with Gasteiger partial charge in [0.15, 0.2) is 0 Å². The summed E-state index contributed by atoms with van der Waals surface area (Å²) in [4.78, 5) is 29.9. The van der Waals surface area contributed by atoms with Crippen LogP contribution in [-0.4, -0.2) is 47.0 Å². The number of fused-ring (bicyclic) bond motifs is 3. The van der Waals surface area contributed by atoms with Crippen molar-refractivity contribution >= 4 is 33.3 Å². The van der Waals surface area contributed by atoms with Crippen LogP contribution in [0.4, 0.5) is 10.2 Å². The predicted octanol–water partition coefficient (Wildman–Crippen LogP) is 5.36. The maximum Gasteiger partial charge on any atom is 0.227 e. The van der Waals surface area contributed by atoms with Crippen LogP contribution >= 0.6 is 11.3 Å². The summed E-state index contributed by atoms with van der Waals surface area (Å²) in [7, 11) is 0. The lowest BCUT2D eigenvalue weighted by Gasteiger charge is -2.36. The summed E-state index contributed by atoms with van der Waals surface area (Å²) >= 11 is 1.86. The second-order valence-corrected chi connectivity index (χ2v) is 11.0. The largest absolute Gasteiger partial charge is 0.352 e. The molecule has 0 bridgehead atoms. The number of aryl methyl sites for hydroxylation is 1. The summed E-state index contributed by atoms with van der Waals surface area (Å²) in [5, 5.41) is 1.25. The molecule has 0 saturated carbocycles. The zero-order chi connectivity index (χ0) is 23.8. The van der Waals surface area contributed by atoms with Gasteiger partial charge in [0.05, 0.1) is 11.8 Å². The van der Waals surface area contributed by atoms with Crippen molar-refractivity contribution < 1.29 is 9.18 Å². The highest BCUT2D eigenvalue weighted by atomic mass is 32.1. The zero-order valence-corrected chi connectivity index (χ0v) is 21.1. The van der Waals surface area contributed by atoms with Crippen LogP contribution in [0, 0.1) is 11.7 Å². The van der Waals surface area contributed by atoms with E-state index in [1.165, 1.54) is 34.4 Å². The quantitative estimate of drug-likeness (QED) is 0.493. The van der Waals surface area contributed by atoms with Gasteiger partial charge < -0.3 is 9.80 Å². The van der Waals surface area contributed by atoms with Crippen molar-refractivity contribution in [3.8, 4) is 0 Å². The molecule has 0 N–H and O–H groups in total. The Morgan fingerprint density at radius 3 is 2.62 bits per heavy atom. The number of aromatic nitrogens is 2. The number of thiophene rings is 1. The van der Waals surface area contributed by atoms with Gasteiger partial charge in [-0.3, -0.25) is 4.79 Å². The van der Waals surface area contributed by atoms with E-state index in [2.05, 4.69) is 25.7 Å². The normalized spacial score (nSPS) is 19.4. The smallest absolute Gasteiger partial charge is 0.227 e. The molecule has 3 heterocycles. The molecular weight excluding hydrogens is 447 g/mol. The Kier molecular flexibility index (Phi) is 6.56. The number of benzene rings is 1. The van der Waals surface area contributed by atoms with E-state index in [0.29, 0.717) is 25.4 Å². The highest BCUT2D eigenvalue weighted by Gasteiger charge is 2.29. The summed E-state index contributed by atoms with van der Waals surface area (Å²) < 4.78 is 13.2. The molecule has 0 radical (unpaired) electrons. The van der Waals surface area contributed by atoms with Gasteiger partial charge in [-0.15, -0.1) is 11.3 Å². The predicted molar refractivity (Wildman–Crippen MR) is 136 cm³/mol. The van der Waals surface area contributed by atoms with Crippen LogP contribution in [0.25, 0.3) is 10.2 Å². The second kappa shape index (κ2) is 9.61. The number of piperazine rings is 1. The van der Waals surface area contributed by atoms with Crippen LogP contribution in [0.3, 0.4) is 0 Å². The van der Waals surface area contributed by atoms with Crippen LogP contribution in [0.15, 0.2) is 24.3 Å². The lowest BCUT2D eigenvalue weighted by atomic mass is 9.89. The first-order valence-electron chi connectivity index (χ1n) is 12.5. The van der Waals surface area contributed by atoms with Gasteiger partial charge >= 0.3 is 0 Å². The molecule has 2 aromatic heterocycles. The summed E-state index contributed by atoms with van der Waals surface area (Å²) in [5.41, 5.74) is 2.31. The fourth-order valence-corrected chi connectivity index (χ4v) is 6.41. The zero-order valence-electron chi connectivity index (χ0n) is 20.3. The van der Waals surface area contributed by atoms with Crippen LogP contribution < -0.4 is 4.90 Å². The lowest BCUT2D eigenvalue weighted by molar-refractivity contribution is -0.130. The Balaban J connectivity index is 1.38. The van der Waals surface area contributed by atoms with Gasteiger partial charge in [-0.2, -0.15) is 0 Å². The van der Waals surface area contributed by atoms with Gasteiger partial charge in [-0.05, 0) is 54.9 Å². The first kappa shape index (κ1) is 23.2. The minimum absolute atomic E-state index is 0.0984. The van der Waals surface area contributed by atoms with E-state index in [-0.39, 0.29) is 11.7 Å². The molecule has 1 saturated heterocycles. The van der Waals surface area contributed by atoms with Gasteiger partial charge in [-0.25, -0.2) is 14.4 Å². The Morgan fingerprint density at radius 2 is 1.91 bits per heavy atom. The molecule has 2 atom stereocenters. The Labute approximate surface area is 205 Å². The topological polar surface area (TPSA) is 49.3 Å². The third-order valence-corrected chi connectivity index (χ3v) is 8.56. The first-order chi connectivity index (χ1) is 16.4. The molecule has 1 aliphatic heterocycles. The Hall–Kier alpha value is -2.54. The number of anilines is 1. The van der Waals surface area contributed by atoms with E-state index in [9.17, 15) is 9.18 Å². The number of hydrogen-bond acceptors (Lipinski definition) is 5. The Morgan fingerprint density at radius 1 is 1.18 bits per heavy atom. The summed E-state index contributed by atoms with van der Waals surface area (Å²) in [6, 6.07) is 6.21. The fraction of sp³-hybridized carbons (Fsp3) is 0.519. The van der Waals surface area contributed by atoms with Crippen molar-refractivity contribution in [1.29, 1.82) is 0 Å². The highest BCUT2D eigenvalue weighted by molar-refractivity contribution is 7.19. The van der Waals surface area contributed by atoms with Gasteiger partial charge in [0.25, 0.3) is 0 Å². The van der Waals surface area contributed by atoms with E-state index in [1.54, 1.807) is 12.1 Å². The second-order valence-electron chi connectivity index (χ2n) is 9.92. The minimum Gasteiger partial charge on any atom is -0.352 e. The number of carbonyl (C=O) groups is 1. The maximum absolute atomic E-state index is 13.2. The van der Waals surface area contributed by atoms with E-state index < -0.39 is 0 Å². The Bertz CT molecular complexity index is 1180. The lowest BCUT2D eigenvalue weighted by Crippen LogP contribution is -2.49. The molecule has 1 aliphatic carbocycles. The molecule has 0 unspecified atom stereocenters.